The zero-order chi connectivity index (χ0) is 28.4. The van der Waals surface area contributed by atoms with Crippen LogP contribution in [0.4, 0.5) is 11.4 Å². The van der Waals surface area contributed by atoms with Crippen molar-refractivity contribution in [1.82, 2.24) is 0 Å². The van der Waals surface area contributed by atoms with E-state index in [0.29, 0.717) is 0 Å². The maximum absolute atomic E-state index is 3.86. The fourth-order valence-corrected chi connectivity index (χ4v) is 8.74. The molecule has 1 saturated carbocycles. The zero-order valence-electron chi connectivity index (χ0n) is 24.2. The van der Waals surface area contributed by atoms with E-state index in [-0.39, 0.29) is 10.8 Å². The first-order valence-corrected chi connectivity index (χ1v) is 15.7. The molecular formula is C42H33N. The minimum Gasteiger partial charge on any atom is -0.356 e. The van der Waals surface area contributed by atoms with Crippen LogP contribution in [0.25, 0.3) is 22.3 Å². The summed E-state index contributed by atoms with van der Waals surface area (Å²) >= 11 is 0. The Balaban J connectivity index is 1.20. The number of hydrogen-bond acceptors (Lipinski definition) is 1. The molecule has 9 rings (SSSR count). The molecular weight excluding hydrogens is 518 g/mol. The normalized spacial score (nSPS) is 16.4. The summed E-state index contributed by atoms with van der Waals surface area (Å²) in [5.41, 5.74) is 15.8. The Kier molecular flexibility index (Phi) is 5.35. The molecule has 0 aliphatic heterocycles. The first-order valence-electron chi connectivity index (χ1n) is 15.7. The van der Waals surface area contributed by atoms with E-state index >= 15 is 0 Å². The van der Waals surface area contributed by atoms with Gasteiger partial charge in [0.1, 0.15) is 0 Å². The topological polar surface area (TPSA) is 12.0 Å². The molecule has 0 atom stereocenters. The van der Waals surface area contributed by atoms with Gasteiger partial charge in [-0.3, -0.25) is 0 Å². The van der Waals surface area contributed by atoms with Crippen molar-refractivity contribution >= 4 is 11.4 Å². The third kappa shape index (κ3) is 3.40. The maximum atomic E-state index is 3.86. The molecule has 0 saturated heterocycles. The van der Waals surface area contributed by atoms with Gasteiger partial charge < -0.3 is 5.32 Å². The molecule has 0 bridgehead atoms. The van der Waals surface area contributed by atoms with Gasteiger partial charge in [0.05, 0.1) is 5.41 Å². The van der Waals surface area contributed by atoms with Crippen LogP contribution in [-0.2, 0) is 10.8 Å². The molecule has 1 spiro atoms. The van der Waals surface area contributed by atoms with Gasteiger partial charge in [-0.05, 0) is 92.7 Å². The highest BCUT2D eigenvalue weighted by atomic mass is 14.9. The lowest BCUT2D eigenvalue weighted by molar-refractivity contribution is 0.550. The Morgan fingerprint density at radius 3 is 1.49 bits per heavy atom. The van der Waals surface area contributed by atoms with Gasteiger partial charge in [0.15, 0.2) is 0 Å². The molecule has 1 nitrogen and oxygen atoms in total. The molecule has 6 aromatic rings. The zero-order valence-corrected chi connectivity index (χ0v) is 24.2. The summed E-state index contributed by atoms with van der Waals surface area (Å²) in [5.74, 6) is 0. The first kappa shape index (κ1) is 24.7. The summed E-state index contributed by atoms with van der Waals surface area (Å²) in [6.45, 7) is 0. The van der Waals surface area contributed by atoms with Gasteiger partial charge in [-0.2, -0.15) is 0 Å². The monoisotopic (exact) mass is 551 g/mol. The van der Waals surface area contributed by atoms with Crippen molar-refractivity contribution in [3.8, 4) is 22.3 Å². The van der Waals surface area contributed by atoms with Gasteiger partial charge in [0.25, 0.3) is 0 Å². The summed E-state index contributed by atoms with van der Waals surface area (Å²) in [4.78, 5) is 0. The van der Waals surface area contributed by atoms with Crippen molar-refractivity contribution in [3.05, 3.63) is 179 Å². The highest BCUT2D eigenvalue weighted by molar-refractivity contribution is 5.88. The Morgan fingerprint density at radius 2 is 0.860 bits per heavy atom. The summed E-state index contributed by atoms with van der Waals surface area (Å²) in [6.07, 6.45) is 5.10. The SMILES string of the molecule is c1ccc(C2(c3ccccc3)c3ccccc3-c3ccc(Nc4ccc5c(c4)C4(CCCC4)c4ccccc4-5)cc32)cc1. The largest absolute Gasteiger partial charge is 0.356 e. The van der Waals surface area contributed by atoms with E-state index < -0.39 is 0 Å². The van der Waals surface area contributed by atoms with Crippen molar-refractivity contribution in [2.24, 2.45) is 0 Å². The number of fused-ring (bicyclic) bond motifs is 8. The van der Waals surface area contributed by atoms with Gasteiger partial charge in [-0.25, -0.2) is 0 Å². The Labute approximate surface area is 253 Å². The van der Waals surface area contributed by atoms with E-state index in [1.54, 1.807) is 0 Å². The summed E-state index contributed by atoms with van der Waals surface area (Å²) < 4.78 is 0. The number of benzene rings is 6. The molecule has 0 radical (unpaired) electrons. The van der Waals surface area contributed by atoms with Gasteiger partial charge in [0, 0.05) is 16.8 Å². The van der Waals surface area contributed by atoms with Crippen molar-refractivity contribution in [1.29, 1.82) is 0 Å². The quantitative estimate of drug-likeness (QED) is 0.229. The van der Waals surface area contributed by atoms with Crippen molar-refractivity contribution in [3.63, 3.8) is 0 Å². The molecule has 0 aromatic heterocycles. The average Bonchev–Trinajstić information content (AvgIpc) is 3.75. The third-order valence-electron chi connectivity index (χ3n) is 10.5. The Bertz CT molecular complexity index is 1960. The molecule has 43 heavy (non-hydrogen) atoms. The van der Waals surface area contributed by atoms with E-state index in [1.807, 2.05) is 0 Å². The second kappa shape index (κ2) is 9.31. The first-order chi connectivity index (χ1) is 21.3. The van der Waals surface area contributed by atoms with Crippen molar-refractivity contribution in [2.45, 2.75) is 36.5 Å². The minimum atomic E-state index is -0.389. The lowest BCUT2D eigenvalue weighted by atomic mass is 9.67. The van der Waals surface area contributed by atoms with E-state index in [9.17, 15) is 0 Å². The minimum absolute atomic E-state index is 0.166. The molecule has 0 heterocycles. The Morgan fingerprint density at radius 1 is 0.395 bits per heavy atom. The predicted octanol–water partition coefficient (Wildman–Crippen LogP) is 10.6. The molecule has 3 aliphatic carbocycles. The summed E-state index contributed by atoms with van der Waals surface area (Å²) in [6, 6.07) is 54.2. The second-order valence-corrected chi connectivity index (χ2v) is 12.5. The van der Waals surface area contributed by atoms with Gasteiger partial charge in [0.2, 0.25) is 0 Å². The molecule has 6 aromatic carbocycles. The fraction of sp³-hybridized carbons (Fsp3) is 0.143. The molecule has 1 fully saturated rings. The molecule has 0 unspecified atom stereocenters. The van der Waals surface area contributed by atoms with Crippen LogP contribution in [0, 0.1) is 0 Å². The summed E-state index contributed by atoms with van der Waals surface area (Å²) in [5, 5.41) is 3.86. The van der Waals surface area contributed by atoms with Crippen molar-refractivity contribution < 1.29 is 0 Å². The maximum Gasteiger partial charge on any atom is 0.0714 e. The van der Waals surface area contributed by atoms with Crippen LogP contribution in [0.15, 0.2) is 146 Å². The van der Waals surface area contributed by atoms with Crippen LogP contribution in [0.3, 0.4) is 0 Å². The van der Waals surface area contributed by atoms with E-state index in [4.69, 9.17) is 0 Å². The summed E-state index contributed by atoms with van der Waals surface area (Å²) in [7, 11) is 0. The molecule has 0 amide bonds. The molecule has 206 valence electrons. The van der Waals surface area contributed by atoms with Gasteiger partial charge in [-0.1, -0.05) is 134 Å². The van der Waals surface area contributed by atoms with Crippen LogP contribution in [-0.4, -0.2) is 0 Å². The van der Waals surface area contributed by atoms with Crippen LogP contribution in [0.5, 0.6) is 0 Å². The number of hydrogen-bond donors (Lipinski definition) is 1. The third-order valence-corrected chi connectivity index (χ3v) is 10.5. The van der Waals surface area contributed by atoms with Gasteiger partial charge in [-0.15, -0.1) is 0 Å². The van der Waals surface area contributed by atoms with Crippen LogP contribution >= 0.6 is 0 Å². The number of anilines is 2. The Hall–Kier alpha value is -4.88. The molecule has 1 N–H and O–H groups in total. The highest BCUT2D eigenvalue weighted by Crippen LogP contribution is 2.58. The average molecular weight is 552 g/mol. The lowest BCUT2D eigenvalue weighted by Gasteiger charge is -2.34. The van der Waals surface area contributed by atoms with E-state index in [1.165, 1.54) is 87.0 Å². The number of nitrogens with one attached hydrogen (secondary N) is 1. The van der Waals surface area contributed by atoms with E-state index in [2.05, 4.69) is 151 Å². The van der Waals surface area contributed by atoms with Gasteiger partial charge >= 0.3 is 0 Å². The fourth-order valence-electron chi connectivity index (χ4n) is 8.74. The highest BCUT2D eigenvalue weighted by Gasteiger charge is 2.47. The lowest BCUT2D eigenvalue weighted by Crippen LogP contribution is -2.28. The smallest absolute Gasteiger partial charge is 0.0714 e. The van der Waals surface area contributed by atoms with Crippen LogP contribution in [0.2, 0.25) is 0 Å². The second-order valence-electron chi connectivity index (χ2n) is 12.5. The standard InChI is InChI=1S/C42H33N/c1-3-13-29(14-4-1)42(30-15-5-2-6-16-30)38-20-10-8-18-34(38)36-24-22-32(28-40(36)42)43-31-21-23-35-33-17-7-9-19-37(33)41(39(35)27-31)25-11-12-26-41/h1-10,13-24,27-28,43H,11-12,25-26H2. The van der Waals surface area contributed by atoms with E-state index in [0.717, 1.165) is 5.69 Å². The molecule has 3 aliphatic rings. The predicted molar refractivity (Wildman–Crippen MR) is 178 cm³/mol. The van der Waals surface area contributed by atoms with Crippen LogP contribution < -0.4 is 5.32 Å². The van der Waals surface area contributed by atoms with Crippen molar-refractivity contribution in [2.75, 3.05) is 5.32 Å². The molecule has 1 heteroatoms. The number of rotatable bonds is 4. The van der Waals surface area contributed by atoms with Crippen LogP contribution in [0.1, 0.15) is 59.1 Å².